The number of carbonyl (C=O) groups excluding carboxylic acids is 1. The zero-order valence-electron chi connectivity index (χ0n) is 17.6. The Balaban J connectivity index is 1.61. The Labute approximate surface area is 185 Å². The number of amides is 2. The highest BCUT2D eigenvalue weighted by Crippen LogP contribution is 2.42. The van der Waals surface area contributed by atoms with Crippen LogP contribution < -0.4 is 5.32 Å². The zero-order valence-corrected chi connectivity index (χ0v) is 17.6. The predicted octanol–water partition coefficient (Wildman–Crippen LogP) is 4.51. The van der Waals surface area contributed by atoms with Gasteiger partial charge in [0, 0.05) is 49.2 Å². The lowest BCUT2D eigenvalue weighted by Gasteiger charge is -2.33. The molecule has 33 heavy (non-hydrogen) atoms. The number of aliphatic hydroxyl groups is 1. The fourth-order valence-corrected chi connectivity index (χ4v) is 4.41. The highest BCUT2D eigenvalue weighted by atomic mass is 19.4. The van der Waals surface area contributed by atoms with Crippen molar-refractivity contribution in [1.82, 2.24) is 14.7 Å². The summed E-state index contributed by atoms with van der Waals surface area (Å²) in [4.78, 5) is 14.1. The van der Waals surface area contributed by atoms with E-state index in [1.807, 2.05) is 0 Å². The third-order valence-corrected chi connectivity index (χ3v) is 6.17. The van der Waals surface area contributed by atoms with Crippen LogP contribution in [0, 0.1) is 11.7 Å². The maximum Gasteiger partial charge on any atom is 0.419 e. The van der Waals surface area contributed by atoms with Gasteiger partial charge in [0.15, 0.2) is 0 Å². The minimum atomic E-state index is -4.94. The average Bonchev–Trinajstić information content (AvgIpc) is 3.02. The quantitative estimate of drug-likeness (QED) is 0.627. The SMILES string of the molecule is C[C@@H]1Cc2nn3c(c2CN1C(=O)Nc1ccc(F)c(C(F)(F)F)c1)C(F)(F)CCC(CO)C3. The first-order valence-corrected chi connectivity index (χ1v) is 10.4. The van der Waals surface area contributed by atoms with E-state index in [1.54, 1.807) is 6.92 Å². The van der Waals surface area contributed by atoms with Gasteiger partial charge in [0.2, 0.25) is 0 Å². The van der Waals surface area contributed by atoms with Gasteiger partial charge in [-0.1, -0.05) is 0 Å². The molecule has 2 atom stereocenters. The molecular weight excluding hydrogens is 454 g/mol. The van der Waals surface area contributed by atoms with Crippen LogP contribution in [0.1, 0.15) is 42.3 Å². The van der Waals surface area contributed by atoms with E-state index >= 15 is 0 Å². The highest BCUT2D eigenvalue weighted by molar-refractivity contribution is 5.89. The molecule has 2 aliphatic rings. The lowest BCUT2D eigenvalue weighted by atomic mass is 9.96. The van der Waals surface area contributed by atoms with Crippen molar-refractivity contribution in [2.45, 2.75) is 57.4 Å². The third-order valence-electron chi connectivity index (χ3n) is 6.17. The van der Waals surface area contributed by atoms with Crippen LogP contribution in [-0.2, 0) is 31.6 Å². The van der Waals surface area contributed by atoms with Gasteiger partial charge in [-0.15, -0.1) is 0 Å². The van der Waals surface area contributed by atoms with Crippen LogP contribution in [-0.4, -0.2) is 38.5 Å². The Morgan fingerprint density at radius 3 is 2.73 bits per heavy atom. The van der Waals surface area contributed by atoms with E-state index in [2.05, 4.69) is 10.4 Å². The smallest absolute Gasteiger partial charge is 0.396 e. The molecule has 0 saturated carbocycles. The van der Waals surface area contributed by atoms with E-state index in [1.165, 1.54) is 9.58 Å². The van der Waals surface area contributed by atoms with Gasteiger partial charge in [-0.2, -0.15) is 27.1 Å². The fraction of sp³-hybridized carbons (Fsp3) is 0.524. The first-order valence-electron chi connectivity index (χ1n) is 10.4. The molecule has 0 aliphatic carbocycles. The van der Waals surface area contributed by atoms with Gasteiger partial charge in [-0.3, -0.25) is 4.68 Å². The number of hydrogen-bond donors (Lipinski definition) is 2. The molecule has 12 heteroatoms. The number of hydrogen-bond acceptors (Lipinski definition) is 3. The number of rotatable bonds is 2. The minimum Gasteiger partial charge on any atom is -0.396 e. The summed E-state index contributed by atoms with van der Waals surface area (Å²) in [6.07, 6.45) is -5.10. The van der Waals surface area contributed by atoms with E-state index in [4.69, 9.17) is 0 Å². The van der Waals surface area contributed by atoms with Crippen LogP contribution in [0.3, 0.4) is 0 Å². The molecule has 6 nitrogen and oxygen atoms in total. The number of aliphatic hydroxyl groups excluding tert-OH is 1. The summed E-state index contributed by atoms with van der Waals surface area (Å²) in [5.74, 6) is -5.04. The summed E-state index contributed by atoms with van der Waals surface area (Å²) < 4.78 is 83.6. The van der Waals surface area contributed by atoms with Gasteiger partial charge < -0.3 is 15.3 Å². The maximum absolute atomic E-state index is 15.0. The van der Waals surface area contributed by atoms with Crippen LogP contribution in [0.15, 0.2) is 18.2 Å². The molecular formula is C21H22F6N4O2. The van der Waals surface area contributed by atoms with E-state index in [9.17, 15) is 36.2 Å². The molecule has 2 amide bonds. The molecule has 4 rings (SSSR count). The van der Waals surface area contributed by atoms with E-state index in [0.717, 1.165) is 6.07 Å². The molecule has 1 unspecified atom stereocenters. The molecule has 2 N–H and O–H groups in total. The standard InChI is InChI=1S/C21H22F6N4O2/c1-11-6-17-14(18-20(23,24)5-4-12(10-32)8-31(18)29-17)9-30(11)19(33)28-13-2-3-16(22)15(7-13)21(25,26)27/h2-3,7,11-12,32H,4-6,8-10H2,1H3,(H,28,33)/t11-,12?/m1/s1. The van der Waals surface area contributed by atoms with Crippen LogP contribution in [0.5, 0.6) is 0 Å². The molecule has 1 aromatic heterocycles. The molecule has 0 bridgehead atoms. The number of benzene rings is 1. The first kappa shape index (κ1) is 23.4. The van der Waals surface area contributed by atoms with Crippen LogP contribution >= 0.6 is 0 Å². The van der Waals surface area contributed by atoms with Crippen LogP contribution in [0.2, 0.25) is 0 Å². The topological polar surface area (TPSA) is 70.4 Å². The van der Waals surface area contributed by atoms with Gasteiger partial charge in [-0.25, -0.2) is 9.18 Å². The predicted molar refractivity (Wildman–Crippen MR) is 105 cm³/mol. The van der Waals surface area contributed by atoms with Crippen molar-refractivity contribution < 1.29 is 36.2 Å². The Morgan fingerprint density at radius 1 is 1.33 bits per heavy atom. The second-order valence-corrected chi connectivity index (χ2v) is 8.55. The number of urea groups is 1. The lowest BCUT2D eigenvalue weighted by Crippen LogP contribution is -2.45. The molecule has 0 fully saturated rings. The van der Waals surface area contributed by atoms with Crippen molar-refractivity contribution in [3.05, 3.63) is 46.5 Å². The molecule has 180 valence electrons. The van der Waals surface area contributed by atoms with E-state index < -0.39 is 42.0 Å². The first-order chi connectivity index (χ1) is 15.4. The minimum absolute atomic E-state index is 0.119. The van der Waals surface area contributed by atoms with Crippen molar-refractivity contribution in [1.29, 1.82) is 0 Å². The van der Waals surface area contributed by atoms with Crippen molar-refractivity contribution in [2.24, 2.45) is 5.92 Å². The van der Waals surface area contributed by atoms with E-state index in [0.29, 0.717) is 17.8 Å². The molecule has 2 aromatic rings. The number of nitrogens with one attached hydrogen (secondary N) is 1. The van der Waals surface area contributed by atoms with Gasteiger partial charge in [0.1, 0.15) is 11.5 Å². The Morgan fingerprint density at radius 2 is 2.06 bits per heavy atom. The molecule has 0 radical (unpaired) electrons. The summed E-state index contributed by atoms with van der Waals surface area (Å²) in [6.45, 7) is 1.35. The average molecular weight is 476 g/mol. The lowest BCUT2D eigenvalue weighted by molar-refractivity contribution is -0.139. The fourth-order valence-electron chi connectivity index (χ4n) is 4.41. The number of fused-ring (bicyclic) bond motifs is 3. The van der Waals surface area contributed by atoms with Crippen molar-refractivity contribution in [3.63, 3.8) is 0 Å². The highest BCUT2D eigenvalue weighted by Gasteiger charge is 2.44. The zero-order chi connectivity index (χ0) is 24.1. The largest absolute Gasteiger partial charge is 0.419 e. The van der Waals surface area contributed by atoms with Gasteiger partial charge >= 0.3 is 12.2 Å². The van der Waals surface area contributed by atoms with E-state index in [-0.39, 0.29) is 55.4 Å². The van der Waals surface area contributed by atoms with Gasteiger partial charge in [0.25, 0.3) is 5.92 Å². The third kappa shape index (κ3) is 4.40. The van der Waals surface area contributed by atoms with Crippen LogP contribution in [0.25, 0.3) is 0 Å². The summed E-state index contributed by atoms with van der Waals surface area (Å²) in [6, 6.07) is 0.825. The second-order valence-electron chi connectivity index (χ2n) is 8.55. The summed E-state index contributed by atoms with van der Waals surface area (Å²) in [5.41, 5.74) is -1.44. The molecule has 0 spiro atoms. The number of nitrogens with zero attached hydrogens (tertiary/aromatic N) is 3. The van der Waals surface area contributed by atoms with Crippen molar-refractivity contribution in [3.8, 4) is 0 Å². The number of aromatic nitrogens is 2. The van der Waals surface area contributed by atoms with Gasteiger partial charge in [0.05, 0.1) is 17.8 Å². The molecule has 0 saturated heterocycles. The number of anilines is 1. The van der Waals surface area contributed by atoms with Crippen LogP contribution in [0.4, 0.5) is 36.8 Å². The normalized spacial score (nSPS) is 22.4. The number of alkyl halides is 5. The van der Waals surface area contributed by atoms with Crippen molar-refractivity contribution in [2.75, 3.05) is 11.9 Å². The second kappa shape index (κ2) is 8.23. The summed E-state index contributed by atoms with van der Waals surface area (Å²) in [7, 11) is 0. The number of carbonyl (C=O) groups is 1. The van der Waals surface area contributed by atoms with Crippen molar-refractivity contribution >= 4 is 11.7 Å². The number of halogens is 6. The molecule has 3 heterocycles. The monoisotopic (exact) mass is 476 g/mol. The Kier molecular flexibility index (Phi) is 5.83. The van der Waals surface area contributed by atoms with Gasteiger partial charge in [-0.05, 0) is 31.5 Å². The Hall–Kier alpha value is -2.76. The Bertz CT molecular complexity index is 1070. The molecule has 1 aromatic carbocycles. The maximum atomic E-state index is 15.0. The summed E-state index contributed by atoms with van der Waals surface area (Å²) >= 11 is 0. The summed E-state index contributed by atoms with van der Waals surface area (Å²) in [5, 5.41) is 16.1. The molecule has 2 aliphatic heterocycles.